The van der Waals surface area contributed by atoms with Gasteiger partial charge in [0, 0.05) is 29.9 Å². The molecule has 2 amide bonds. The van der Waals surface area contributed by atoms with E-state index in [4.69, 9.17) is 11.6 Å². The van der Waals surface area contributed by atoms with Gasteiger partial charge < -0.3 is 10.2 Å². The first-order valence-corrected chi connectivity index (χ1v) is 10.7. The highest BCUT2D eigenvalue weighted by Gasteiger charge is 2.25. The number of hydrogen-bond acceptors (Lipinski definition) is 3. The van der Waals surface area contributed by atoms with Gasteiger partial charge in [0.05, 0.1) is 0 Å². The summed E-state index contributed by atoms with van der Waals surface area (Å²) in [6.45, 7) is 4.22. The lowest BCUT2D eigenvalue weighted by molar-refractivity contribution is -0.140. The third kappa shape index (κ3) is 6.88. The summed E-state index contributed by atoms with van der Waals surface area (Å²) >= 11 is 7.60. The number of hydrogen-bond donors (Lipinski definition) is 1. The molecule has 0 aliphatic carbocycles. The Hall–Kier alpha value is -1.98. The molecule has 2 aromatic carbocycles. The molecule has 28 heavy (non-hydrogen) atoms. The number of thioether (sulfide) groups is 1. The van der Waals surface area contributed by atoms with E-state index in [1.165, 1.54) is 0 Å². The Bertz CT molecular complexity index is 795. The van der Waals surface area contributed by atoms with Crippen molar-refractivity contribution in [3.8, 4) is 0 Å². The molecule has 0 saturated carbocycles. The number of carbonyl (C=O) groups excluding carboxylic acids is 2. The van der Waals surface area contributed by atoms with E-state index in [0.29, 0.717) is 13.0 Å². The Labute approximate surface area is 176 Å². The van der Waals surface area contributed by atoms with Gasteiger partial charge in [0.2, 0.25) is 11.8 Å². The molecule has 1 N–H and O–H groups in total. The van der Waals surface area contributed by atoms with Crippen LogP contribution in [0.3, 0.4) is 0 Å². The minimum atomic E-state index is -0.512. The van der Waals surface area contributed by atoms with Crippen LogP contribution in [-0.4, -0.2) is 35.6 Å². The predicted octanol–water partition coefficient (Wildman–Crippen LogP) is 4.68. The average Bonchev–Trinajstić information content (AvgIpc) is 2.69. The molecule has 0 spiro atoms. The highest BCUT2D eigenvalue weighted by atomic mass is 35.5. The zero-order chi connectivity index (χ0) is 20.5. The highest BCUT2D eigenvalue weighted by molar-refractivity contribution is 7.99. The second kappa shape index (κ2) is 11.1. The van der Waals surface area contributed by atoms with Crippen LogP contribution in [0.2, 0.25) is 5.02 Å². The van der Waals surface area contributed by atoms with Gasteiger partial charge in [-0.25, -0.2) is 0 Å². The zero-order valence-corrected chi connectivity index (χ0v) is 18.1. The van der Waals surface area contributed by atoms with Crippen molar-refractivity contribution in [1.82, 2.24) is 10.2 Å². The van der Waals surface area contributed by atoms with E-state index >= 15 is 0 Å². The molecule has 0 saturated heterocycles. The molecule has 150 valence electrons. The van der Waals surface area contributed by atoms with E-state index in [2.05, 4.69) is 5.32 Å². The minimum absolute atomic E-state index is 0.00527. The van der Waals surface area contributed by atoms with E-state index in [9.17, 15) is 9.59 Å². The molecule has 0 radical (unpaired) electrons. The second-order valence-corrected chi connectivity index (χ2v) is 8.31. The number of amides is 2. The van der Waals surface area contributed by atoms with Crippen LogP contribution >= 0.6 is 23.4 Å². The first-order chi connectivity index (χ1) is 13.4. The highest BCUT2D eigenvalue weighted by Crippen LogP contribution is 2.22. The van der Waals surface area contributed by atoms with Crippen LogP contribution in [0.1, 0.15) is 30.9 Å². The summed E-state index contributed by atoms with van der Waals surface area (Å²) in [6, 6.07) is 15.2. The summed E-state index contributed by atoms with van der Waals surface area (Å²) < 4.78 is 0. The lowest BCUT2D eigenvalue weighted by Crippen LogP contribution is -2.46. The number of benzene rings is 2. The van der Waals surface area contributed by atoms with Crippen LogP contribution in [0, 0.1) is 6.92 Å². The molecule has 1 atom stereocenters. The largest absolute Gasteiger partial charge is 0.357 e. The van der Waals surface area contributed by atoms with Crippen molar-refractivity contribution >= 4 is 35.2 Å². The van der Waals surface area contributed by atoms with E-state index in [0.717, 1.165) is 33.2 Å². The first-order valence-electron chi connectivity index (χ1n) is 9.35. The van der Waals surface area contributed by atoms with Gasteiger partial charge in [-0.15, -0.1) is 11.8 Å². The normalized spacial score (nSPS) is 11.7. The fourth-order valence-electron chi connectivity index (χ4n) is 2.89. The fourth-order valence-corrected chi connectivity index (χ4v) is 3.87. The molecule has 2 aromatic rings. The molecule has 0 bridgehead atoms. The van der Waals surface area contributed by atoms with Gasteiger partial charge in [-0.2, -0.15) is 0 Å². The van der Waals surface area contributed by atoms with Gasteiger partial charge in [-0.3, -0.25) is 9.59 Å². The third-order valence-corrected chi connectivity index (χ3v) is 5.82. The molecule has 1 unspecified atom stereocenters. The SMILES string of the molecule is CNC(=O)C(C)N(Cc1cccc(C)c1)C(=O)CCCSc1ccc(Cl)cc1. The summed E-state index contributed by atoms with van der Waals surface area (Å²) in [5.74, 6) is 0.672. The number of aryl methyl sites for hydroxylation is 1. The topological polar surface area (TPSA) is 49.4 Å². The van der Waals surface area contributed by atoms with Crippen molar-refractivity contribution in [2.45, 2.75) is 44.2 Å². The fraction of sp³-hybridized carbons (Fsp3) is 0.364. The molecule has 0 aliphatic heterocycles. The smallest absolute Gasteiger partial charge is 0.242 e. The number of rotatable bonds is 9. The van der Waals surface area contributed by atoms with E-state index in [-0.39, 0.29) is 11.8 Å². The van der Waals surface area contributed by atoms with Crippen molar-refractivity contribution in [3.05, 3.63) is 64.7 Å². The van der Waals surface area contributed by atoms with Crippen LogP contribution in [0.15, 0.2) is 53.4 Å². The van der Waals surface area contributed by atoms with Crippen LogP contribution in [0.5, 0.6) is 0 Å². The number of carbonyl (C=O) groups is 2. The van der Waals surface area contributed by atoms with Gasteiger partial charge in [-0.1, -0.05) is 41.4 Å². The molecule has 2 rings (SSSR count). The Morgan fingerprint density at radius 3 is 2.54 bits per heavy atom. The van der Waals surface area contributed by atoms with E-state index < -0.39 is 6.04 Å². The molecular weight excluding hydrogens is 392 g/mol. The number of nitrogens with zero attached hydrogens (tertiary/aromatic N) is 1. The van der Waals surface area contributed by atoms with Gasteiger partial charge in [-0.05, 0) is 55.9 Å². The van der Waals surface area contributed by atoms with Crippen molar-refractivity contribution < 1.29 is 9.59 Å². The maximum atomic E-state index is 12.9. The van der Waals surface area contributed by atoms with Crippen molar-refractivity contribution in [2.24, 2.45) is 0 Å². The number of likely N-dealkylation sites (N-methyl/N-ethyl adjacent to an activating group) is 1. The lowest BCUT2D eigenvalue weighted by atomic mass is 10.1. The predicted molar refractivity (Wildman–Crippen MR) is 117 cm³/mol. The van der Waals surface area contributed by atoms with Gasteiger partial charge >= 0.3 is 0 Å². The van der Waals surface area contributed by atoms with Gasteiger partial charge in [0.25, 0.3) is 0 Å². The molecule has 4 nitrogen and oxygen atoms in total. The summed E-state index contributed by atoms with van der Waals surface area (Å²) in [5.41, 5.74) is 2.16. The third-order valence-electron chi connectivity index (χ3n) is 4.47. The van der Waals surface area contributed by atoms with Gasteiger partial charge in [0.15, 0.2) is 0 Å². The summed E-state index contributed by atoms with van der Waals surface area (Å²) in [4.78, 5) is 27.8. The van der Waals surface area contributed by atoms with Crippen molar-refractivity contribution in [2.75, 3.05) is 12.8 Å². The quantitative estimate of drug-likeness (QED) is 0.475. The minimum Gasteiger partial charge on any atom is -0.357 e. The molecule has 0 aliphatic rings. The van der Waals surface area contributed by atoms with E-state index in [1.54, 1.807) is 30.6 Å². The first kappa shape index (κ1) is 22.3. The van der Waals surface area contributed by atoms with E-state index in [1.807, 2.05) is 55.5 Å². The number of nitrogens with one attached hydrogen (secondary N) is 1. The Kier molecular flexibility index (Phi) is 8.87. The molecule has 0 fully saturated rings. The van der Waals surface area contributed by atoms with Gasteiger partial charge in [0.1, 0.15) is 6.04 Å². The number of halogens is 1. The summed E-state index contributed by atoms with van der Waals surface area (Å²) in [6.07, 6.45) is 1.16. The van der Waals surface area contributed by atoms with Crippen LogP contribution in [0.25, 0.3) is 0 Å². The Morgan fingerprint density at radius 2 is 1.89 bits per heavy atom. The van der Waals surface area contributed by atoms with Crippen molar-refractivity contribution in [1.29, 1.82) is 0 Å². The van der Waals surface area contributed by atoms with Crippen molar-refractivity contribution in [3.63, 3.8) is 0 Å². The molecule has 0 heterocycles. The summed E-state index contributed by atoms with van der Waals surface area (Å²) in [5, 5.41) is 3.36. The van der Waals surface area contributed by atoms with Crippen LogP contribution in [-0.2, 0) is 16.1 Å². The second-order valence-electron chi connectivity index (χ2n) is 6.71. The summed E-state index contributed by atoms with van der Waals surface area (Å²) in [7, 11) is 1.59. The zero-order valence-electron chi connectivity index (χ0n) is 16.6. The monoisotopic (exact) mass is 418 g/mol. The lowest BCUT2D eigenvalue weighted by Gasteiger charge is -2.28. The molecular formula is C22H27ClN2O2S. The maximum Gasteiger partial charge on any atom is 0.242 e. The standard InChI is InChI=1S/C22H27ClN2O2S/c1-16-6-4-7-18(14-16)15-25(17(2)22(27)24-3)21(26)8-5-13-28-20-11-9-19(23)10-12-20/h4,6-7,9-12,14,17H,5,8,13,15H2,1-3H3,(H,24,27). The molecule has 6 heteroatoms. The molecule has 0 aromatic heterocycles. The average molecular weight is 419 g/mol. The maximum absolute atomic E-state index is 12.9. The Balaban J connectivity index is 1.95. The van der Waals surface area contributed by atoms with Crippen LogP contribution in [0.4, 0.5) is 0 Å². The Morgan fingerprint density at radius 1 is 1.18 bits per heavy atom. The van der Waals surface area contributed by atoms with Crippen LogP contribution < -0.4 is 5.32 Å².